The second-order valence-corrected chi connectivity index (χ2v) is 6.11. The van der Waals surface area contributed by atoms with Gasteiger partial charge < -0.3 is 14.5 Å². The second-order valence-electron chi connectivity index (χ2n) is 4.68. The molecule has 0 radical (unpaired) electrons. The van der Waals surface area contributed by atoms with Gasteiger partial charge in [-0.15, -0.1) is 0 Å². The smallest absolute Gasteiger partial charge is 0.184 e. The Morgan fingerprint density at radius 3 is 3.15 bits per heavy atom. The lowest BCUT2D eigenvalue weighted by Gasteiger charge is -2.22. The van der Waals surface area contributed by atoms with Crippen LogP contribution in [-0.2, 0) is 16.1 Å². The Bertz CT molecular complexity index is 628. The van der Waals surface area contributed by atoms with E-state index in [2.05, 4.69) is 32.6 Å². The molecule has 0 spiro atoms. The number of ether oxygens (including phenoxy) is 2. The summed E-state index contributed by atoms with van der Waals surface area (Å²) >= 11 is 7.84. The first kappa shape index (κ1) is 14.5. The van der Waals surface area contributed by atoms with Crippen molar-refractivity contribution in [1.82, 2.24) is 9.97 Å². The molecule has 1 N–H and O–H groups in total. The molecular weight excluding hydrogens is 398 g/mol. The highest BCUT2D eigenvalue weighted by atomic mass is 127. The number of rotatable bonds is 3. The summed E-state index contributed by atoms with van der Waals surface area (Å²) in [6.45, 7) is 1.09. The highest BCUT2D eigenvalue weighted by Gasteiger charge is 2.18. The van der Waals surface area contributed by atoms with Crippen LogP contribution in [0.25, 0.3) is 10.9 Å². The van der Waals surface area contributed by atoms with Crippen molar-refractivity contribution in [2.75, 3.05) is 6.61 Å². The number of hydrogen-bond donors (Lipinski definition) is 1. The molecular formula is C13H13ClFIN2O2. The minimum absolute atomic E-state index is 0.127. The zero-order valence-corrected chi connectivity index (χ0v) is 13.5. The third-order valence-electron chi connectivity index (χ3n) is 3.31. The number of fused-ring (bicyclic) bond motifs is 1. The third-order valence-corrected chi connectivity index (χ3v) is 4.80. The largest absolute Gasteiger partial charge is 0.353 e. The molecule has 1 unspecified atom stereocenters. The van der Waals surface area contributed by atoms with Crippen molar-refractivity contribution in [2.24, 2.45) is 0 Å². The molecule has 7 heteroatoms. The lowest BCUT2D eigenvalue weighted by molar-refractivity contribution is -0.169. The van der Waals surface area contributed by atoms with Crippen molar-refractivity contribution in [3.8, 4) is 0 Å². The van der Waals surface area contributed by atoms with Gasteiger partial charge in [-0.3, -0.25) is 0 Å². The first-order valence-corrected chi connectivity index (χ1v) is 7.85. The van der Waals surface area contributed by atoms with Crippen molar-refractivity contribution >= 4 is 45.1 Å². The van der Waals surface area contributed by atoms with Gasteiger partial charge in [0, 0.05) is 21.8 Å². The van der Waals surface area contributed by atoms with Crippen molar-refractivity contribution in [1.29, 1.82) is 0 Å². The maximum absolute atomic E-state index is 13.9. The monoisotopic (exact) mass is 410 g/mol. The van der Waals surface area contributed by atoms with E-state index >= 15 is 0 Å². The lowest BCUT2D eigenvalue weighted by Crippen LogP contribution is -2.22. The fourth-order valence-electron chi connectivity index (χ4n) is 2.24. The average molecular weight is 411 g/mol. The first-order valence-electron chi connectivity index (χ1n) is 6.40. The Morgan fingerprint density at radius 1 is 1.55 bits per heavy atom. The second kappa shape index (κ2) is 6.13. The number of pyridine rings is 1. The Hall–Kier alpha value is -0.440. The van der Waals surface area contributed by atoms with Crippen LogP contribution in [0, 0.1) is 9.39 Å². The number of nitrogens with one attached hydrogen (secondary N) is 1. The normalized spacial score (nSPS) is 19.6. The average Bonchev–Trinajstić information content (AvgIpc) is 2.79. The van der Waals surface area contributed by atoms with E-state index in [1.54, 1.807) is 6.20 Å². The first-order chi connectivity index (χ1) is 9.66. The molecule has 1 atom stereocenters. The molecule has 0 aromatic carbocycles. The number of hydrogen-bond acceptors (Lipinski definition) is 3. The van der Waals surface area contributed by atoms with Gasteiger partial charge in [0.1, 0.15) is 0 Å². The van der Waals surface area contributed by atoms with Gasteiger partial charge in [-0.25, -0.2) is 9.37 Å². The summed E-state index contributed by atoms with van der Waals surface area (Å²) in [5, 5.41) is 0.592. The Labute approximate surface area is 134 Å². The molecule has 3 rings (SSSR count). The zero-order chi connectivity index (χ0) is 14.1. The summed E-state index contributed by atoms with van der Waals surface area (Å²) in [4.78, 5) is 6.86. The maximum atomic E-state index is 13.9. The molecule has 1 aliphatic heterocycles. The van der Waals surface area contributed by atoms with Gasteiger partial charge in [-0.1, -0.05) is 11.6 Å². The molecule has 0 aliphatic carbocycles. The van der Waals surface area contributed by atoms with Crippen molar-refractivity contribution < 1.29 is 13.9 Å². The fourth-order valence-corrected chi connectivity index (χ4v) is 3.08. The molecule has 1 aliphatic rings. The number of nitrogens with zero attached hydrogens (tertiary/aromatic N) is 1. The summed E-state index contributed by atoms with van der Waals surface area (Å²) in [5.74, 6) is -0.526. The number of aromatic nitrogens is 2. The van der Waals surface area contributed by atoms with Gasteiger partial charge in [-0.05, 0) is 41.9 Å². The summed E-state index contributed by atoms with van der Waals surface area (Å²) in [6.07, 6.45) is 4.50. The maximum Gasteiger partial charge on any atom is 0.184 e. The highest BCUT2D eigenvalue weighted by Crippen LogP contribution is 2.29. The minimum Gasteiger partial charge on any atom is -0.353 e. The van der Waals surface area contributed by atoms with Crippen LogP contribution in [0.4, 0.5) is 4.39 Å². The summed E-state index contributed by atoms with van der Waals surface area (Å²) in [6, 6.07) is 0. The van der Waals surface area contributed by atoms with Crippen LogP contribution < -0.4 is 0 Å². The SMILES string of the molecule is Fc1c(Cl)ncc2c(I)c(COC3CCCCO3)[nH]c12. The molecule has 3 heterocycles. The van der Waals surface area contributed by atoms with E-state index in [4.69, 9.17) is 21.1 Å². The predicted octanol–water partition coefficient (Wildman–Crippen LogP) is 4.00. The Kier molecular flexibility index (Phi) is 4.44. The molecule has 1 saturated heterocycles. The summed E-state index contributed by atoms with van der Waals surface area (Å²) in [5.41, 5.74) is 1.19. The van der Waals surface area contributed by atoms with Crippen LogP contribution >= 0.6 is 34.2 Å². The van der Waals surface area contributed by atoms with E-state index in [-0.39, 0.29) is 11.4 Å². The Morgan fingerprint density at radius 2 is 2.40 bits per heavy atom. The molecule has 20 heavy (non-hydrogen) atoms. The summed E-state index contributed by atoms with van der Waals surface area (Å²) in [7, 11) is 0. The number of aromatic amines is 1. The predicted molar refractivity (Wildman–Crippen MR) is 82.2 cm³/mol. The van der Waals surface area contributed by atoms with Gasteiger partial charge in [-0.2, -0.15) is 0 Å². The van der Waals surface area contributed by atoms with Gasteiger partial charge in [0.15, 0.2) is 17.3 Å². The Balaban J connectivity index is 1.81. The van der Waals surface area contributed by atoms with E-state index in [0.717, 1.165) is 40.5 Å². The highest BCUT2D eigenvalue weighted by molar-refractivity contribution is 14.1. The van der Waals surface area contributed by atoms with Gasteiger partial charge in [0.05, 0.1) is 17.8 Å². The van der Waals surface area contributed by atoms with E-state index < -0.39 is 5.82 Å². The van der Waals surface area contributed by atoms with Crippen molar-refractivity contribution in [3.63, 3.8) is 0 Å². The van der Waals surface area contributed by atoms with Crippen LogP contribution in [0.5, 0.6) is 0 Å². The van der Waals surface area contributed by atoms with E-state index in [1.165, 1.54) is 0 Å². The molecule has 0 saturated carbocycles. The quantitative estimate of drug-likeness (QED) is 0.614. The van der Waals surface area contributed by atoms with Crippen LogP contribution in [0.3, 0.4) is 0 Å². The van der Waals surface area contributed by atoms with Gasteiger partial charge in [0.25, 0.3) is 0 Å². The van der Waals surface area contributed by atoms with Gasteiger partial charge >= 0.3 is 0 Å². The number of H-pyrrole nitrogens is 1. The van der Waals surface area contributed by atoms with Crippen molar-refractivity contribution in [3.05, 3.63) is 26.4 Å². The van der Waals surface area contributed by atoms with Crippen LogP contribution in [-0.4, -0.2) is 22.9 Å². The molecule has 1 fully saturated rings. The van der Waals surface area contributed by atoms with E-state index in [0.29, 0.717) is 12.1 Å². The fraction of sp³-hybridized carbons (Fsp3) is 0.462. The zero-order valence-electron chi connectivity index (χ0n) is 10.6. The topological polar surface area (TPSA) is 47.1 Å². The lowest BCUT2D eigenvalue weighted by atomic mass is 10.2. The summed E-state index contributed by atoms with van der Waals surface area (Å²) < 4.78 is 26.0. The molecule has 0 amide bonds. The van der Waals surface area contributed by atoms with Gasteiger partial charge in [0.2, 0.25) is 0 Å². The molecule has 4 nitrogen and oxygen atoms in total. The third kappa shape index (κ3) is 2.79. The molecule has 0 bridgehead atoms. The van der Waals surface area contributed by atoms with Crippen LogP contribution in [0.1, 0.15) is 25.0 Å². The molecule has 2 aromatic rings. The van der Waals surface area contributed by atoms with E-state index in [9.17, 15) is 4.39 Å². The van der Waals surface area contributed by atoms with Crippen LogP contribution in [0.2, 0.25) is 5.15 Å². The molecule has 2 aromatic heterocycles. The standard InChI is InChI=1S/C13H13ClFIN2O2/c14-13-10(15)12-7(5-17-13)11(16)8(18-12)6-20-9-3-1-2-4-19-9/h5,9,18H,1-4,6H2. The minimum atomic E-state index is -0.526. The van der Waals surface area contributed by atoms with Crippen LogP contribution in [0.15, 0.2) is 6.20 Å². The van der Waals surface area contributed by atoms with E-state index in [1.807, 2.05) is 0 Å². The number of halogens is 3. The van der Waals surface area contributed by atoms with Crippen molar-refractivity contribution in [2.45, 2.75) is 32.2 Å². The molecule has 108 valence electrons.